The summed E-state index contributed by atoms with van der Waals surface area (Å²) in [7, 11) is 0. The van der Waals surface area contributed by atoms with Crippen molar-refractivity contribution in [3.8, 4) is 0 Å². The second-order valence-electron chi connectivity index (χ2n) is 3.99. The number of thiophene rings is 1. The number of aromatic nitrogens is 1. The topological polar surface area (TPSA) is 12.9 Å². The summed E-state index contributed by atoms with van der Waals surface area (Å²) in [5.74, 6) is 0. The van der Waals surface area contributed by atoms with Crippen LogP contribution in [0.5, 0.6) is 0 Å². The molecule has 0 spiro atoms. The molecule has 17 heavy (non-hydrogen) atoms. The maximum Gasteiger partial charge on any atom is 0.0980 e. The third-order valence-corrected chi connectivity index (χ3v) is 4.89. The van der Waals surface area contributed by atoms with Crippen LogP contribution in [0.1, 0.15) is 15.6 Å². The van der Waals surface area contributed by atoms with E-state index in [1.165, 1.54) is 20.0 Å². The van der Waals surface area contributed by atoms with E-state index in [1.807, 2.05) is 24.3 Å². The summed E-state index contributed by atoms with van der Waals surface area (Å²) >= 11 is 7.94. The van der Waals surface area contributed by atoms with Gasteiger partial charge in [0.1, 0.15) is 0 Å². The first kappa shape index (κ1) is 11.3. The quantitative estimate of drug-likeness (QED) is 0.678. The maximum atomic E-state index is 4.50. The molecular formula is C13H11NS3. The number of nitrogens with zero attached hydrogens (tertiary/aromatic N) is 1. The molecule has 1 nitrogen and oxygen atoms in total. The molecule has 86 valence electrons. The number of hydrogen-bond acceptors (Lipinski definition) is 4. The minimum atomic E-state index is 0.944. The Hall–Kier alpha value is -0.840. The van der Waals surface area contributed by atoms with Crippen molar-refractivity contribution in [2.45, 2.75) is 18.2 Å². The summed E-state index contributed by atoms with van der Waals surface area (Å²) in [6.07, 6.45) is 0.944. The van der Waals surface area contributed by atoms with E-state index < -0.39 is 0 Å². The molecular weight excluding hydrogens is 266 g/mol. The van der Waals surface area contributed by atoms with E-state index in [0.29, 0.717) is 0 Å². The minimum absolute atomic E-state index is 0.944. The Labute approximate surface area is 114 Å². The van der Waals surface area contributed by atoms with Gasteiger partial charge in [-0.3, -0.25) is 0 Å². The highest BCUT2D eigenvalue weighted by molar-refractivity contribution is 7.80. The Bertz CT molecular complexity index is 666. The molecule has 0 amide bonds. The summed E-state index contributed by atoms with van der Waals surface area (Å²) in [4.78, 5) is 6.90. The predicted octanol–water partition coefficient (Wildman–Crippen LogP) is 4.55. The lowest BCUT2D eigenvalue weighted by Gasteiger charge is -1.90. The normalized spacial score (nSPS) is 11.2. The van der Waals surface area contributed by atoms with Gasteiger partial charge in [0.15, 0.2) is 0 Å². The molecule has 0 N–H and O–H groups in total. The zero-order valence-corrected chi connectivity index (χ0v) is 11.8. The average molecular weight is 277 g/mol. The first-order valence-electron chi connectivity index (χ1n) is 5.33. The SMILES string of the molecule is Cc1csc(Cc2cc3ccc(S)cc3s2)n1. The molecule has 0 fully saturated rings. The first-order chi connectivity index (χ1) is 8.20. The van der Waals surface area contributed by atoms with Crippen molar-refractivity contribution in [3.05, 3.63) is 45.2 Å². The van der Waals surface area contributed by atoms with Crippen LogP contribution in [0.15, 0.2) is 34.5 Å². The molecule has 3 rings (SSSR count). The van der Waals surface area contributed by atoms with E-state index >= 15 is 0 Å². The van der Waals surface area contributed by atoms with Crippen molar-refractivity contribution >= 4 is 45.4 Å². The molecule has 0 bridgehead atoms. The fourth-order valence-electron chi connectivity index (χ4n) is 1.79. The van der Waals surface area contributed by atoms with Crippen LogP contribution in [0.4, 0.5) is 0 Å². The Morgan fingerprint density at radius 2 is 2.18 bits per heavy atom. The first-order valence-corrected chi connectivity index (χ1v) is 7.47. The number of thiol groups is 1. The standard InChI is InChI=1S/C13H11NS3/c1-8-7-16-13(14-8)6-11-4-9-2-3-10(15)5-12(9)17-11/h2-5,7,15H,6H2,1H3. The number of thiazole rings is 1. The molecule has 1 aromatic carbocycles. The van der Waals surface area contributed by atoms with Crippen LogP contribution in [0.2, 0.25) is 0 Å². The van der Waals surface area contributed by atoms with E-state index in [0.717, 1.165) is 17.0 Å². The highest BCUT2D eigenvalue weighted by Crippen LogP contribution is 2.29. The summed E-state index contributed by atoms with van der Waals surface area (Å²) in [5.41, 5.74) is 1.11. The van der Waals surface area contributed by atoms with Gasteiger partial charge in [0, 0.05) is 32.0 Å². The van der Waals surface area contributed by atoms with Gasteiger partial charge >= 0.3 is 0 Å². The lowest BCUT2D eigenvalue weighted by Crippen LogP contribution is -1.82. The van der Waals surface area contributed by atoms with Gasteiger partial charge in [0.25, 0.3) is 0 Å². The van der Waals surface area contributed by atoms with Gasteiger partial charge in [0.2, 0.25) is 0 Å². The largest absolute Gasteiger partial charge is 0.246 e. The van der Waals surface area contributed by atoms with Gasteiger partial charge in [-0.15, -0.1) is 35.3 Å². The van der Waals surface area contributed by atoms with Gasteiger partial charge in [-0.2, -0.15) is 0 Å². The Morgan fingerprint density at radius 1 is 1.29 bits per heavy atom. The van der Waals surface area contributed by atoms with E-state index in [9.17, 15) is 0 Å². The smallest absolute Gasteiger partial charge is 0.0980 e. The monoisotopic (exact) mass is 277 g/mol. The Balaban J connectivity index is 1.95. The fourth-order valence-corrected chi connectivity index (χ4v) is 4.08. The molecule has 0 saturated carbocycles. The van der Waals surface area contributed by atoms with Crippen LogP contribution in [0.25, 0.3) is 10.1 Å². The predicted molar refractivity (Wildman–Crippen MR) is 78.7 cm³/mol. The van der Waals surface area contributed by atoms with E-state index in [1.54, 1.807) is 11.3 Å². The molecule has 3 aromatic rings. The molecule has 0 aliphatic carbocycles. The van der Waals surface area contributed by atoms with Gasteiger partial charge in [0.05, 0.1) is 5.01 Å². The van der Waals surface area contributed by atoms with Gasteiger partial charge in [-0.25, -0.2) is 4.98 Å². The second kappa shape index (κ2) is 4.44. The molecule has 0 aliphatic heterocycles. The summed E-state index contributed by atoms with van der Waals surface area (Å²) < 4.78 is 1.31. The van der Waals surface area contributed by atoms with E-state index in [-0.39, 0.29) is 0 Å². The summed E-state index contributed by atoms with van der Waals surface area (Å²) in [6, 6.07) is 8.55. The molecule has 0 unspecified atom stereocenters. The third-order valence-electron chi connectivity index (χ3n) is 2.55. The van der Waals surface area contributed by atoms with Crippen molar-refractivity contribution in [2.24, 2.45) is 0 Å². The molecule has 4 heteroatoms. The second-order valence-corrected chi connectivity index (χ2v) is 6.62. The molecule has 0 radical (unpaired) electrons. The highest BCUT2D eigenvalue weighted by atomic mass is 32.1. The van der Waals surface area contributed by atoms with Crippen molar-refractivity contribution in [2.75, 3.05) is 0 Å². The summed E-state index contributed by atoms with van der Waals surface area (Å²) in [5, 5.41) is 4.60. The molecule has 2 aromatic heterocycles. The van der Waals surface area contributed by atoms with Crippen LogP contribution < -0.4 is 0 Å². The molecule has 0 atom stereocenters. The van der Waals surface area contributed by atoms with Gasteiger partial charge < -0.3 is 0 Å². The maximum absolute atomic E-state index is 4.50. The van der Waals surface area contributed by atoms with Crippen molar-refractivity contribution in [1.29, 1.82) is 0 Å². The average Bonchev–Trinajstić information content (AvgIpc) is 2.84. The minimum Gasteiger partial charge on any atom is -0.246 e. The fraction of sp³-hybridized carbons (Fsp3) is 0.154. The van der Waals surface area contributed by atoms with Crippen LogP contribution in [0.3, 0.4) is 0 Å². The van der Waals surface area contributed by atoms with Crippen molar-refractivity contribution < 1.29 is 0 Å². The molecule has 0 aliphatic rings. The summed E-state index contributed by atoms with van der Waals surface area (Å²) in [6.45, 7) is 2.04. The van der Waals surface area contributed by atoms with Crippen LogP contribution in [-0.2, 0) is 6.42 Å². The molecule has 2 heterocycles. The van der Waals surface area contributed by atoms with Gasteiger partial charge in [-0.1, -0.05) is 6.07 Å². The lowest BCUT2D eigenvalue weighted by molar-refractivity contribution is 1.12. The van der Waals surface area contributed by atoms with E-state index in [4.69, 9.17) is 0 Å². The zero-order valence-electron chi connectivity index (χ0n) is 9.30. The van der Waals surface area contributed by atoms with E-state index in [2.05, 4.69) is 41.2 Å². The number of hydrogen-bond donors (Lipinski definition) is 1. The lowest BCUT2D eigenvalue weighted by atomic mass is 10.2. The van der Waals surface area contributed by atoms with Crippen LogP contribution in [-0.4, -0.2) is 4.98 Å². The number of benzene rings is 1. The zero-order chi connectivity index (χ0) is 11.8. The van der Waals surface area contributed by atoms with Crippen molar-refractivity contribution in [1.82, 2.24) is 4.98 Å². The van der Waals surface area contributed by atoms with Gasteiger partial charge in [-0.05, 0) is 30.5 Å². The Kier molecular flexibility index (Phi) is 2.94. The number of aryl methyl sites for hydroxylation is 1. The highest BCUT2D eigenvalue weighted by Gasteiger charge is 2.05. The number of rotatable bonds is 2. The molecule has 0 saturated heterocycles. The Morgan fingerprint density at radius 3 is 2.94 bits per heavy atom. The third kappa shape index (κ3) is 2.39. The van der Waals surface area contributed by atoms with Crippen molar-refractivity contribution in [3.63, 3.8) is 0 Å². The number of fused-ring (bicyclic) bond motifs is 1. The van der Waals surface area contributed by atoms with Crippen LogP contribution in [0, 0.1) is 6.92 Å². The van der Waals surface area contributed by atoms with Crippen LogP contribution >= 0.6 is 35.3 Å².